The molecule has 2 aliphatic carbocycles. The van der Waals surface area contributed by atoms with E-state index in [0.717, 1.165) is 28.5 Å². The van der Waals surface area contributed by atoms with Crippen molar-refractivity contribution < 1.29 is 0 Å². The second-order valence-electron chi connectivity index (χ2n) is 5.86. The van der Waals surface area contributed by atoms with Crippen LogP contribution in [-0.4, -0.2) is 0 Å². The first-order chi connectivity index (χ1) is 11.1. The molecule has 2 N–H and O–H groups in total. The van der Waals surface area contributed by atoms with Crippen LogP contribution in [0.2, 0.25) is 0 Å². The highest BCUT2D eigenvalue weighted by Crippen LogP contribution is 2.51. The smallest absolute Gasteiger partial charge is 0.194 e. The van der Waals surface area contributed by atoms with Gasteiger partial charge in [-0.3, -0.25) is 0 Å². The van der Waals surface area contributed by atoms with E-state index in [1.165, 1.54) is 0 Å². The van der Waals surface area contributed by atoms with E-state index in [0.29, 0.717) is 11.5 Å². The van der Waals surface area contributed by atoms with E-state index in [-0.39, 0.29) is 5.70 Å². The van der Waals surface area contributed by atoms with Crippen molar-refractivity contribution in [3.63, 3.8) is 0 Å². The summed E-state index contributed by atoms with van der Waals surface area (Å²) in [7, 11) is 0. The van der Waals surface area contributed by atoms with Crippen molar-refractivity contribution >= 4 is 15.9 Å². The van der Waals surface area contributed by atoms with Gasteiger partial charge in [-0.2, -0.15) is 15.8 Å². The van der Waals surface area contributed by atoms with Crippen LogP contribution in [0, 0.1) is 45.3 Å². The number of hydrogen-bond donors (Lipinski definition) is 1. The Morgan fingerprint density at radius 1 is 1.17 bits per heavy atom. The first-order valence-corrected chi connectivity index (χ1v) is 8.07. The maximum atomic E-state index is 9.73. The van der Waals surface area contributed by atoms with Gasteiger partial charge in [0.15, 0.2) is 5.41 Å². The third-order valence-electron chi connectivity index (χ3n) is 4.49. The minimum absolute atomic E-state index is 0.0828. The van der Waals surface area contributed by atoms with Crippen molar-refractivity contribution in [3.05, 3.63) is 57.2 Å². The topological polar surface area (TPSA) is 97.4 Å². The molecule has 0 heterocycles. The van der Waals surface area contributed by atoms with Crippen LogP contribution >= 0.6 is 15.9 Å². The van der Waals surface area contributed by atoms with Crippen LogP contribution in [0.1, 0.15) is 24.3 Å². The van der Waals surface area contributed by atoms with Gasteiger partial charge in [0.2, 0.25) is 0 Å². The van der Waals surface area contributed by atoms with E-state index < -0.39 is 11.3 Å². The molecule has 5 heteroatoms. The SMILES string of the molecule is N#CC1=C(N)C(C#N)(C#N)[C@@H](c2cccc(Br)c2)C=C1C1CC1. The summed E-state index contributed by atoms with van der Waals surface area (Å²) >= 11 is 3.43. The second-order valence-corrected chi connectivity index (χ2v) is 6.78. The predicted molar refractivity (Wildman–Crippen MR) is 88.2 cm³/mol. The van der Waals surface area contributed by atoms with Gasteiger partial charge >= 0.3 is 0 Å². The molecule has 4 nitrogen and oxygen atoms in total. The fourth-order valence-corrected chi connectivity index (χ4v) is 3.52. The van der Waals surface area contributed by atoms with Crippen molar-refractivity contribution in [2.24, 2.45) is 17.1 Å². The first kappa shape index (κ1) is 15.3. The van der Waals surface area contributed by atoms with Gasteiger partial charge < -0.3 is 5.73 Å². The molecule has 0 saturated heterocycles. The summed E-state index contributed by atoms with van der Waals surface area (Å²) in [6.45, 7) is 0. The average molecular weight is 365 g/mol. The molecule has 0 amide bonds. The monoisotopic (exact) mass is 364 g/mol. The van der Waals surface area contributed by atoms with E-state index in [1.807, 2.05) is 30.3 Å². The molecule has 0 aliphatic heterocycles. The summed E-state index contributed by atoms with van der Waals surface area (Å²) in [5, 5.41) is 28.9. The van der Waals surface area contributed by atoms with Gasteiger partial charge in [-0.05, 0) is 42.0 Å². The molecule has 0 bridgehead atoms. The van der Waals surface area contributed by atoms with Crippen LogP contribution in [0.4, 0.5) is 0 Å². The highest BCUT2D eigenvalue weighted by molar-refractivity contribution is 9.10. The Morgan fingerprint density at radius 2 is 1.87 bits per heavy atom. The van der Waals surface area contributed by atoms with Crippen LogP contribution < -0.4 is 5.73 Å². The third-order valence-corrected chi connectivity index (χ3v) is 4.98. The Bertz CT molecular complexity index is 842. The molecule has 1 aromatic rings. The number of rotatable bonds is 2. The van der Waals surface area contributed by atoms with E-state index >= 15 is 0 Å². The fraction of sp³-hybridized carbons (Fsp3) is 0.278. The zero-order valence-electron chi connectivity index (χ0n) is 12.3. The minimum atomic E-state index is -1.55. The average Bonchev–Trinajstić information content (AvgIpc) is 3.39. The third kappa shape index (κ3) is 2.33. The lowest BCUT2D eigenvalue weighted by atomic mass is 9.66. The summed E-state index contributed by atoms with van der Waals surface area (Å²) < 4.78 is 0.870. The first-order valence-electron chi connectivity index (χ1n) is 7.27. The minimum Gasteiger partial charge on any atom is -0.399 e. The Hall–Kier alpha value is -2.55. The van der Waals surface area contributed by atoms with Gasteiger partial charge in [0.05, 0.1) is 23.4 Å². The number of halogens is 1. The lowest BCUT2D eigenvalue weighted by Crippen LogP contribution is -2.35. The molecular weight excluding hydrogens is 352 g/mol. The predicted octanol–water partition coefficient (Wildman–Crippen LogP) is 3.65. The van der Waals surface area contributed by atoms with Gasteiger partial charge in [-0.15, -0.1) is 0 Å². The Kier molecular flexibility index (Phi) is 3.72. The van der Waals surface area contributed by atoms with Crippen LogP contribution in [0.3, 0.4) is 0 Å². The molecule has 3 rings (SSSR count). The molecule has 0 unspecified atom stereocenters. The van der Waals surface area contributed by atoms with Crippen LogP contribution in [0.5, 0.6) is 0 Å². The summed E-state index contributed by atoms with van der Waals surface area (Å²) in [6, 6.07) is 13.8. The molecule has 112 valence electrons. The van der Waals surface area contributed by atoms with Gasteiger partial charge in [-0.1, -0.05) is 34.1 Å². The summed E-state index contributed by atoms with van der Waals surface area (Å²) in [6.07, 6.45) is 3.93. The molecular formula is C18H13BrN4. The maximum absolute atomic E-state index is 9.73. The van der Waals surface area contributed by atoms with Gasteiger partial charge in [0.25, 0.3) is 0 Å². The number of benzene rings is 1. The van der Waals surface area contributed by atoms with Crippen LogP contribution in [-0.2, 0) is 0 Å². The fourth-order valence-electron chi connectivity index (χ4n) is 3.10. The van der Waals surface area contributed by atoms with Gasteiger partial charge in [0, 0.05) is 10.4 Å². The number of allylic oxidation sites excluding steroid dienone is 4. The molecule has 1 atom stereocenters. The molecule has 2 aliphatic rings. The van der Waals surface area contributed by atoms with Crippen molar-refractivity contribution in [2.45, 2.75) is 18.8 Å². The van der Waals surface area contributed by atoms with Crippen LogP contribution in [0.25, 0.3) is 0 Å². The van der Waals surface area contributed by atoms with Crippen molar-refractivity contribution in [1.29, 1.82) is 15.8 Å². The molecule has 23 heavy (non-hydrogen) atoms. The summed E-state index contributed by atoms with van der Waals surface area (Å²) in [4.78, 5) is 0. The molecule has 0 radical (unpaired) electrons. The maximum Gasteiger partial charge on any atom is 0.194 e. The van der Waals surface area contributed by atoms with E-state index in [2.05, 4.69) is 34.1 Å². The number of nitrogens with zero attached hydrogens (tertiary/aromatic N) is 3. The normalized spacial score (nSPS) is 22.5. The second kappa shape index (κ2) is 5.58. The Morgan fingerprint density at radius 3 is 2.39 bits per heavy atom. The van der Waals surface area contributed by atoms with Gasteiger partial charge in [-0.25, -0.2) is 0 Å². The van der Waals surface area contributed by atoms with Crippen molar-refractivity contribution in [1.82, 2.24) is 0 Å². The number of nitrogens with two attached hydrogens (primary N) is 1. The summed E-state index contributed by atoms with van der Waals surface area (Å²) in [5.41, 5.74) is 6.73. The van der Waals surface area contributed by atoms with Crippen LogP contribution in [0.15, 0.2) is 51.7 Å². The quantitative estimate of drug-likeness (QED) is 0.865. The molecule has 0 spiro atoms. The van der Waals surface area contributed by atoms with E-state index in [4.69, 9.17) is 5.73 Å². The Labute approximate surface area is 143 Å². The van der Waals surface area contributed by atoms with E-state index in [1.54, 1.807) is 0 Å². The van der Waals surface area contributed by atoms with Crippen molar-refractivity contribution in [2.75, 3.05) is 0 Å². The highest BCUT2D eigenvalue weighted by atomic mass is 79.9. The van der Waals surface area contributed by atoms with E-state index in [9.17, 15) is 15.8 Å². The molecule has 1 aromatic carbocycles. The Balaban J connectivity index is 2.25. The molecule has 0 aromatic heterocycles. The highest BCUT2D eigenvalue weighted by Gasteiger charge is 2.49. The van der Waals surface area contributed by atoms with Gasteiger partial charge in [0.1, 0.15) is 6.07 Å². The zero-order chi connectivity index (χ0) is 16.6. The number of nitriles is 3. The zero-order valence-corrected chi connectivity index (χ0v) is 13.8. The standard InChI is InChI=1S/C18H13BrN4/c19-13-3-1-2-12(6-13)16-7-14(11-4-5-11)15(8-20)17(23)18(16,9-21)10-22/h1-3,6-7,11,16H,4-5,23H2/t16-/m1/s1. The van der Waals surface area contributed by atoms with Crippen molar-refractivity contribution in [3.8, 4) is 18.2 Å². The summed E-state index contributed by atoms with van der Waals surface area (Å²) in [5.74, 6) is -0.170. The lowest BCUT2D eigenvalue weighted by molar-refractivity contribution is 0.523. The molecule has 1 saturated carbocycles. The number of hydrogen-bond acceptors (Lipinski definition) is 4. The largest absolute Gasteiger partial charge is 0.399 e. The lowest BCUT2D eigenvalue weighted by Gasteiger charge is -2.33. The molecule has 1 fully saturated rings.